The lowest BCUT2D eigenvalue weighted by Crippen LogP contribution is -2.14. The van der Waals surface area contributed by atoms with Crippen LogP contribution in [0.4, 0.5) is 10.1 Å². The van der Waals surface area contributed by atoms with Crippen LogP contribution in [-0.4, -0.2) is 16.0 Å². The first-order valence-corrected chi connectivity index (χ1v) is 8.67. The minimum Gasteiger partial charge on any atom is -0.338 e. The lowest BCUT2D eigenvalue weighted by molar-refractivity contribution is 0.102. The number of nitrogens with zero attached hydrogens (tertiary/aromatic N) is 2. The van der Waals surface area contributed by atoms with Crippen LogP contribution in [0.1, 0.15) is 22.1 Å². The van der Waals surface area contributed by atoms with Gasteiger partial charge >= 0.3 is 0 Å². The van der Waals surface area contributed by atoms with Crippen molar-refractivity contribution in [2.24, 2.45) is 0 Å². The summed E-state index contributed by atoms with van der Waals surface area (Å²) in [6.07, 6.45) is 0. The molecule has 0 spiro atoms. The molecule has 1 aromatic heterocycles. The first-order chi connectivity index (χ1) is 12.0. The standard InChI is InChI=1S/C17H13ClFN3O2S/c1-10-20-15(24-22-10)9-25-14-8-3-2-5-11(14)17(23)21-13-7-4-6-12(18)16(13)19/h2-8H,9H2,1H3,(H,21,23). The number of hydrogen-bond acceptors (Lipinski definition) is 5. The zero-order chi connectivity index (χ0) is 17.8. The molecule has 0 saturated carbocycles. The first-order valence-electron chi connectivity index (χ1n) is 7.31. The molecule has 0 bridgehead atoms. The van der Waals surface area contributed by atoms with Gasteiger partial charge in [0.1, 0.15) is 0 Å². The van der Waals surface area contributed by atoms with E-state index in [1.54, 1.807) is 31.2 Å². The summed E-state index contributed by atoms with van der Waals surface area (Å²) in [5.74, 6) is 0.364. The number of benzene rings is 2. The van der Waals surface area contributed by atoms with Gasteiger partial charge in [-0.1, -0.05) is 35.0 Å². The molecule has 128 valence electrons. The molecule has 25 heavy (non-hydrogen) atoms. The second-order valence-electron chi connectivity index (χ2n) is 5.08. The fourth-order valence-electron chi connectivity index (χ4n) is 2.11. The molecule has 0 saturated heterocycles. The number of nitrogens with one attached hydrogen (secondary N) is 1. The van der Waals surface area contributed by atoms with E-state index in [0.717, 1.165) is 4.90 Å². The summed E-state index contributed by atoms with van der Waals surface area (Å²) < 4.78 is 19.0. The minimum atomic E-state index is -0.663. The van der Waals surface area contributed by atoms with Gasteiger partial charge in [0.05, 0.1) is 22.0 Å². The van der Waals surface area contributed by atoms with Crippen molar-refractivity contribution in [1.29, 1.82) is 0 Å². The van der Waals surface area contributed by atoms with Gasteiger partial charge in [0.2, 0.25) is 5.89 Å². The van der Waals surface area contributed by atoms with Gasteiger partial charge in [-0.3, -0.25) is 4.79 Å². The number of aromatic nitrogens is 2. The number of thioether (sulfide) groups is 1. The van der Waals surface area contributed by atoms with E-state index in [4.69, 9.17) is 16.1 Å². The van der Waals surface area contributed by atoms with Crippen LogP contribution in [0, 0.1) is 12.7 Å². The predicted molar refractivity (Wildman–Crippen MR) is 94.4 cm³/mol. The smallest absolute Gasteiger partial charge is 0.256 e. The Morgan fingerprint density at radius 3 is 2.84 bits per heavy atom. The van der Waals surface area contributed by atoms with Gasteiger partial charge in [-0.2, -0.15) is 4.98 Å². The molecule has 0 aliphatic carbocycles. The van der Waals surface area contributed by atoms with Crippen LogP contribution in [0.5, 0.6) is 0 Å². The topological polar surface area (TPSA) is 68.0 Å². The Balaban J connectivity index is 1.77. The molecule has 8 heteroatoms. The second kappa shape index (κ2) is 7.67. The zero-order valence-corrected chi connectivity index (χ0v) is 14.7. The van der Waals surface area contributed by atoms with E-state index in [1.165, 1.54) is 23.9 Å². The third kappa shape index (κ3) is 4.18. The van der Waals surface area contributed by atoms with E-state index in [-0.39, 0.29) is 10.7 Å². The van der Waals surface area contributed by atoms with Crippen LogP contribution in [-0.2, 0) is 5.75 Å². The summed E-state index contributed by atoms with van der Waals surface area (Å²) in [6, 6.07) is 11.5. The van der Waals surface area contributed by atoms with E-state index < -0.39 is 11.7 Å². The number of amides is 1. The highest BCUT2D eigenvalue weighted by Crippen LogP contribution is 2.28. The van der Waals surface area contributed by atoms with Gasteiger partial charge in [0.15, 0.2) is 11.6 Å². The van der Waals surface area contributed by atoms with Gasteiger partial charge in [0, 0.05) is 4.90 Å². The van der Waals surface area contributed by atoms with Crippen LogP contribution < -0.4 is 5.32 Å². The van der Waals surface area contributed by atoms with Crippen molar-refractivity contribution in [2.75, 3.05) is 5.32 Å². The summed E-state index contributed by atoms with van der Waals surface area (Å²) in [6.45, 7) is 1.73. The molecule has 3 rings (SSSR count). The highest BCUT2D eigenvalue weighted by molar-refractivity contribution is 7.98. The molecule has 3 aromatic rings. The number of anilines is 1. The molecule has 5 nitrogen and oxygen atoms in total. The maximum atomic E-state index is 14.0. The molecule has 0 fully saturated rings. The lowest BCUT2D eigenvalue weighted by Gasteiger charge is -2.10. The summed E-state index contributed by atoms with van der Waals surface area (Å²) >= 11 is 7.12. The Bertz CT molecular complexity index is 916. The molecule has 0 aliphatic heterocycles. The fraction of sp³-hybridized carbons (Fsp3) is 0.118. The Labute approximate surface area is 152 Å². The quantitative estimate of drug-likeness (QED) is 0.652. The SMILES string of the molecule is Cc1noc(CSc2ccccc2C(=O)Nc2cccc(Cl)c2F)n1. The van der Waals surface area contributed by atoms with Crippen molar-refractivity contribution in [2.45, 2.75) is 17.6 Å². The summed E-state index contributed by atoms with van der Waals surface area (Å²) in [7, 11) is 0. The average Bonchev–Trinajstić information content (AvgIpc) is 3.03. The summed E-state index contributed by atoms with van der Waals surface area (Å²) in [4.78, 5) is 17.4. The third-order valence-corrected chi connectivity index (χ3v) is 4.60. The van der Waals surface area contributed by atoms with Crippen molar-refractivity contribution in [1.82, 2.24) is 10.1 Å². The Kier molecular flexibility index (Phi) is 5.35. The van der Waals surface area contributed by atoms with E-state index in [1.807, 2.05) is 6.07 Å². The summed E-state index contributed by atoms with van der Waals surface area (Å²) in [5, 5.41) is 6.23. The molecule has 1 amide bonds. The minimum absolute atomic E-state index is 0.0322. The Morgan fingerprint density at radius 2 is 2.08 bits per heavy atom. The first kappa shape index (κ1) is 17.4. The molecular weight excluding hydrogens is 365 g/mol. The maximum Gasteiger partial charge on any atom is 0.256 e. The molecule has 0 atom stereocenters. The normalized spacial score (nSPS) is 10.7. The molecule has 2 aromatic carbocycles. The van der Waals surface area contributed by atoms with E-state index in [0.29, 0.717) is 23.0 Å². The van der Waals surface area contributed by atoms with Crippen molar-refractivity contribution in [3.05, 3.63) is 70.6 Å². The summed E-state index contributed by atoms with van der Waals surface area (Å²) in [5.41, 5.74) is 0.452. The number of carbonyl (C=O) groups excluding carboxylic acids is 1. The Morgan fingerprint density at radius 1 is 1.28 bits per heavy atom. The maximum absolute atomic E-state index is 14.0. The monoisotopic (exact) mass is 377 g/mol. The van der Waals surface area contributed by atoms with Crippen LogP contribution in [0.15, 0.2) is 51.9 Å². The average molecular weight is 378 g/mol. The van der Waals surface area contributed by atoms with Crippen molar-refractivity contribution >= 4 is 35.0 Å². The largest absolute Gasteiger partial charge is 0.338 e. The third-order valence-electron chi connectivity index (χ3n) is 3.25. The highest BCUT2D eigenvalue weighted by Gasteiger charge is 2.15. The van der Waals surface area contributed by atoms with Gasteiger partial charge in [-0.15, -0.1) is 11.8 Å². The van der Waals surface area contributed by atoms with Crippen molar-refractivity contribution < 1.29 is 13.7 Å². The predicted octanol–water partition coefficient (Wildman–Crippen LogP) is 4.72. The number of halogens is 2. The van der Waals surface area contributed by atoms with E-state index >= 15 is 0 Å². The number of aryl methyl sites for hydroxylation is 1. The zero-order valence-electron chi connectivity index (χ0n) is 13.1. The number of hydrogen-bond donors (Lipinski definition) is 1. The number of carbonyl (C=O) groups is 1. The van der Waals surface area contributed by atoms with E-state index in [9.17, 15) is 9.18 Å². The lowest BCUT2D eigenvalue weighted by atomic mass is 10.2. The molecule has 1 heterocycles. The van der Waals surface area contributed by atoms with Gasteiger partial charge in [-0.05, 0) is 31.2 Å². The molecule has 1 N–H and O–H groups in total. The van der Waals surface area contributed by atoms with Gasteiger partial charge in [-0.25, -0.2) is 4.39 Å². The van der Waals surface area contributed by atoms with Crippen molar-refractivity contribution in [3.8, 4) is 0 Å². The second-order valence-corrected chi connectivity index (χ2v) is 6.50. The van der Waals surface area contributed by atoms with Crippen molar-refractivity contribution in [3.63, 3.8) is 0 Å². The van der Waals surface area contributed by atoms with Crippen LogP contribution in [0.2, 0.25) is 5.02 Å². The van der Waals surface area contributed by atoms with Crippen LogP contribution in [0.25, 0.3) is 0 Å². The molecular formula is C17H13ClFN3O2S. The fourth-order valence-corrected chi connectivity index (χ4v) is 3.17. The van der Waals surface area contributed by atoms with Gasteiger partial charge < -0.3 is 9.84 Å². The molecule has 0 radical (unpaired) electrons. The Hall–Kier alpha value is -2.38. The highest BCUT2D eigenvalue weighted by atomic mass is 35.5. The molecule has 0 aliphatic rings. The molecule has 0 unspecified atom stereocenters. The number of rotatable bonds is 5. The van der Waals surface area contributed by atoms with Crippen LogP contribution in [0.3, 0.4) is 0 Å². The van der Waals surface area contributed by atoms with Crippen LogP contribution >= 0.6 is 23.4 Å². The van der Waals surface area contributed by atoms with E-state index in [2.05, 4.69) is 15.5 Å². The van der Waals surface area contributed by atoms with Gasteiger partial charge in [0.25, 0.3) is 5.91 Å².